The van der Waals surface area contributed by atoms with Crippen molar-refractivity contribution in [2.24, 2.45) is 0 Å². The van der Waals surface area contributed by atoms with Crippen LogP contribution in [0.2, 0.25) is 0 Å². The van der Waals surface area contributed by atoms with Crippen molar-refractivity contribution in [1.29, 1.82) is 0 Å². The van der Waals surface area contributed by atoms with E-state index in [0.29, 0.717) is 0 Å². The summed E-state index contributed by atoms with van der Waals surface area (Å²) in [6.45, 7) is 3.75. The summed E-state index contributed by atoms with van der Waals surface area (Å²) in [5, 5.41) is 9.51. The zero-order chi connectivity index (χ0) is 13.1. The van der Waals surface area contributed by atoms with Crippen LogP contribution in [-0.4, -0.2) is 5.11 Å². The minimum absolute atomic E-state index is 0.478. The molecule has 0 aliphatic carbocycles. The first-order valence-electron chi connectivity index (χ1n) is 5.79. The molecule has 1 atom stereocenters. The van der Waals surface area contributed by atoms with E-state index in [1.54, 1.807) is 6.92 Å². The number of halogens is 1. The van der Waals surface area contributed by atoms with Crippen molar-refractivity contribution in [3.8, 4) is 11.5 Å². The number of aryl methyl sites for hydroxylation is 1. The van der Waals surface area contributed by atoms with Crippen LogP contribution in [0.4, 0.5) is 0 Å². The fraction of sp³-hybridized carbons (Fsp3) is 0.200. The molecule has 2 aromatic rings. The third-order valence-corrected chi connectivity index (χ3v) is 3.37. The Morgan fingerprint density at radius 2 is 1.83 bits per heavy atom. The van der Waals surface area contributed by atoms with Gasteiger partial charge in [0.1, 0.15) is 11.5 Å². The highest BCUT2D eigenvalue weighted by Crippen LogP contribution is 2.33. The summed E-state index contributed by atoms with van der Waals surface area (Å²) in [6.07, 6.45) is -0.478. The summed E-state index contributed by atoms with van der Waals surface area (Å²) < 4.78 is 6.68. The van der Waals surface area contributed by atoms with Crippen LogP contribution in [-0.2, 0) is 0 Å². The maximum absolute atomic E-state index is 9.51. The number of ether oxygens (including phenoxy) is 1. The Kier molecular flexibility index (Phi) is 4.04. The zero-order valence-corrected chi connectivity index (χ0v) is 11.9. The largest absolute Gasteiger partial charge is 0.456 e. The molecule has 94 valence electrons. The van der Waals surface area contributed by atoms with Crippen LogP contribution in [0.15, 0.2) is 46.9 Å². The molecule has 0 aliphatic heterocycles. The molecule has 18 heavy (non-hydrogen) atoms. The minimum Gasteiger partial charge on any atom is -0.456 e. The molecular formula is C15H15BrO2. The van der Waals surface area contributed by atoms with Gasteiger partial charge in [0.25, 0.3) is 0 Å². The van der Waals surface area contributed by atoms with Gasteiger partial charge in [0.15, 0.2) is 0 Å². The van der Waals surface area contributed by atoms with Crippen LogP contribution in [0.5, 0.6) is 11.5 Å². The third-order valence-electron chi connectivity index (χ3n) is 2.75. The van der Waals surface area contributed by atoms with Gasteiger partial charge in [-0.05, 0) is 59.1 Å². The van der Waals surface area contributed by atoms with Gasteiger partial charge in [0, 0.05) is 0 Å². The molecule has 0 aliphatic rings. The van der Waals surface area contributed by atoms with Gasteiger partial charge in [-0.2, -0.15) is 0 Å². The number of benzene rings is 2. The molecule has 0 saturated carbocycles. The van der Waals surface area contributed by atoms with Crippen LogP contribution in [0, 0.1) is 6.92 Å². The molecule has 2 rings (SSSR count). The smallest absolute Gasteiger partial charge is 0.141 e. The number of rotatable bonds is 3. The van der Waals surface area contributed by atoms with E-state index in [9.17, 15) is 5.11 Å². The third kappa shape index (κ3) is 2.92. The predicted octanol–water partition coefficient (Wildman–Crippen LogP) is 4.60. The lowest BCUT2D eigenvalue weighted by molar-refractivity contribution is 0.199. The molecule has 0 saturated heterocycles. The number of para-hydroxylation sites is 1. The van der Waals surface area contributed by atoms with Crippen molar-refractivity contribution in [3.05, 3.63) is 58.1 Å². The Morgan fingerprint density at radius 1 is 1.11 bits per heavy atom. The molecule has 0 spiro atoms. The highest BCUT2D eigenvalue weighted by atomic mass is 79.9. The summed E-state index contributed by atoms with van der Waals surface area (Å²) >= 11 is 3.46. The van der Waals surface area contributed by atoms with Crippen molar-refractivity contribution in [2.75, 3.05) is 0 Å². The van der Waals surface area contributed by atoms with Crippen LogP contribution < -0.4 is 4.74 Å². The van der Waals surface area contributed by atoms with Crippen molar-refractivity contribution in [3.63, 3.8) is 0 Å². The Balaban J connectivity index is 2.28. The second-order valence-electron chi connectivity index (χ2n) is 4.23. The maximum atomic E-state index is 9.51. The summed E-state index contributed by atoms with van der Waals surface area (Å²) in [5.41, 5.74) is 1.95. The summed E-state index contributed by atoms with van der Waals surface area (Å²) in [4.78, 5) is 0. The fourth-order valence-corrected chi connectivity index (χ4v) is 2.13. The van der Waals surface area contributed by atoms with E-state index < -0.39 is 6.10 Å². The zero-order valence-electron chi connectivity index (χ0n) is 10.4. The quantitative estimate of drug-likeness (QED) is 0.897. The van der Waals surface area contributed by atoms with E-state index in [4.69, 9.17) is 4.74 Å². The molecule has 0 unspecified atom stereocenters. The lowest BCUT2D eigenvalue weighted by Crippen LogP contribution is -1.93. The van der Waals surface area contributed by atoms with Crippen LogP contribution in [0.3, 0.4) is 0 Å². The molecular weight excluding hydrogens is 292 g/mol. The molecule has 0 aromatic heterocycles. The van der Waals surface area contributed by atoms with Gasteiger partial charge in [0.2, 0.25) is 0 Å². The van der Waals surface area contributed by atoms with E-state index in [2.05, 4.69) is 15.9 Å². The number of aliphatic hydroxyl groups is 1. The van der Waals surface area contributed by atoms with E-state index in [0.717, 1.165) is 27.1 Å². The molecule has 0 bridgehead atoms. The molecule has 2 nitrogen and oxygen atoms in total. The number of hydrogen-bond donors (Lipinski definition) is 1. The SMILES string of the molecule is Cc1ccccc1Oc1ccc([C@H](C)O)cc1Br. The normalized spacial score (nSPS) is 12.2. The van der Waals surface area contributed by atoms with Crippen molar-refractivity contribution in [1.82, 2.24) is 0 Å². The van der Waals surface area contributed by atoms with Crippen molar-refractivity contribution >= 4 is 15.9 Å². The lowest BCUT2D eigenvalue weighted by atomic mass is 10.1. The van der Waals surface area contributed by atoms with Gasteiger partial charge < -0.3 is 9.84 Å². The molecule has 1 N–H and O–H groups in total. The Labute approximate surface area is 115 Å². The van der Waals surface area contributed by atoms with Gasteiger partial charge in [-0.1, -0.05) is 24.3 Å². The topological polar surface area (TPSA) is 29.5 Å². The predicted molar refractivity (Wildman–Crippen MR) is 76.0 cm³/mol. The Bertz CT molecular complexity index is 550. The van der Waals surface area contributed by atoms with Gasteiger partial charge >= 0.3 is 0 Å². The van der Waals surface area contributed by atoms with Gasteiger partial charge in [-0.25, -0.2) is 0 Å². The molecule has 3 heteroatoms. The van der Waals surface area contributed by atoms with Crippen LogP contribution >= 0.6 is 15.9 Å². The lowest BCUT2D eigenvalue weighted by Gasteiger charge is -2.12. The summed E-state index contributed by atoms with van der Waals surface area (Å²) in [6, 6.07) is 13.5. The Hall–Kier alpha value is -1.32. The molecule has 0 heterocycles. The highest BCUT2D eigenvalue weighted by Gasteiger charge is 2.08. The van der Waals surface area contributed by atoms with Crippen molar-refractivity contribution in [2.45, 2.75) is 20.0 Å². The second kappa shape index (κ2) is 5.55. The number of hydrogen-bond acceptors (Lipinski definition) is 2. The number of aliphatic hydroxyl groups excluding tert-OH is 1. The second-order valence-corrected chi connectivity index (χ2v) is 5.09. The van der Waals surface area contributed by atoms with Crippen LogP contribution in [0.25, 0.3) is 0 Å². The molecule has 0 radical (unpaired) electrons. The monoisotopic (exact) mass is 306 g/mol. The fourth-order valence-electron chi connectivity index (χ4n) is 1.65. The highest BCUT2D eigenvalue weighted by molar-refractivity contribution is 9.10. The average Bonchev–Trinajstić information content (AvgIpc) is 2.34. The minimum atomic E-state index is -0.478. The first-order chi connectivity index (χ1) is 8.58. The van der Waals surface area contributed by atoms with E-state index >= 15 is 0 Å². The van der Waals surface area contributed by atoms with Crippen LogP contribution in [0.1, 0.15) is 24.2 Å². The molecule has 0 fully saturated rings. The average molecular weight is 307 g/mol. The van der Waals surface area contributed by atoms with Gasteiger partial charge in [-0.3, -0.25) is 0 Å². The first-order valence-corrected chi connectivity index (χ1v) is 6.58. The van der Waals surface area contributed by atoms with E-state index in [1.165, 1.54) is 0 Å². The molecule has 0 amide bonds. The van der Waals surface area contributed by atoms with E-state index in [1.807, 2.05) is 49.4 Å². The summed E-state index contributed by atoms with van der Waals surface area (Å²) in [5.74, 6) is 1.58. The van der Waals surface area contributed by atoms with E-state index in [-0.39, 0.29) is 0 Å². The van der Waals surface area contributed by atoms with Gasteiger partial charge in [0.05, 0.1) is 10.6 Å². The summed E-state index contributed by atoms with van der Waals surface area (Å²) in [7, 11) is 0. The molecule has 2 aromatic carbocycles. The standard InChI is InChI=1S/C15H15BrO2/c1-10-5-3-4-6-14(10)18-15-8-7-12(11(2)17)9-13(15)16/h3-9,11,17H,1-2H3/t11-/m0/s1. The Morgan fingerprint density at radius 3 is 2.44 bits per heavy atom. The first kappa shape index (κ1) is 13.1. The maximum Gasteiger partial charge on any atom is 0.141 e. The van der Waals surface area contributed by atoms with Gasteiger partial charge in [-0.15, -0.1) is 0 Å². The van der Waals surface area contributed by atoms with Crippen molar-refractivity contribution < 1.29 is 9.84 Å².